The van der Waals surface area contributed by atoms with Gasteiger partial charge < -0.3 is 14.5 Å². The lowest BCUT2D eigenvalue weighted by atomic mass is 10.2. The fraction of sp³-hybridized carbons (Fsp3) is 0.867. The number of likely N-dealkylation sites (tertiary alicyclic amines) is 2. The molecule has 2 aliphatic heterocycles. The monoisotopic (exact) mass is 284 g/mol. The highest BCUT2D eigenvalue weighted by Crippen LogP contribution is 2.17. The van der Waals surface area contributed by atoms with E-state index in [0.29, 0.717) is 6.54 Å². The molecule has 0 aromatic rings. The first kappa shape index (κ1) is 17.0. The molecular formula is C15H28N2O3. The van der Waals surface area contributed by atoms with Gasteiger partial charge in [0.25, 0.3) is 0 Å². The van der Waals surface area contributed by atoms with E-state index in [1.807, 2.05) is 0 Å². The number of carbonyl (C=O) groups excluding carboxylic acids is 2. The lowest BCUT2D eigenvalue weighted by Gasteiger charge is -2.20. The molecule has 116 valence electrons. The largest absolute Gasteiger partial charge is 0.467 e. The van der Waals surface area contributed by atoms with Gasteiger partial charge in [0.15, 0.2) is 0 Å². The minimum atomic E-state index is -0.340. The first-order valence-corrected chi connectivity index (χ1v) is 7.56. The van der Waals surface area contributed by atoms with E-state index in [0.717, 1.165) is 18.9 Å². The highest BCUT2D eigenvalue weighted by Gasteiger charge is 2.32. The van der Waals surface area contributed by atoms with Crippen LogP contribution in [0.2, 0.25) is 0 Å². The van der Waals surface area contributed by atoms with Crippen molar-refractivity contribution < 1.29 is 14.3 Å². The van der Waals surface area contributed by atoms with Gasteiger partial charge in [-0.25, -0.2) is 4.79 Å². The van der Waals surface area contributed by atoms with E-state index in [2.05, 4.69) is 23.5 Å². The Morgan fingerprint density at radius 2 is 1.70 bits per heavy atom. The first-order valence-electron chi connectivity index (χ1n) is 7.56. The van der Waals surface area contributed by atoms with Crippen LogP contribution in [0.3, 0.4) is 0 Å². The molecule has 2 rings (SSSR count). The Bertz CT molecular complexity index is 325. The summed E-state index contributed by atoms with van der Waals surface area (Å²) in [7, 11) is 1.35. The van der Waals surface area contributed by atoms with Crippen LogP contribution in [-0.4, -0.2) is 60.5 Å². The van der Waals surface area contributed by atoms with Gasteiger partial charge in [-0.3, -0.25) is 4.79 Å². The highest BCUT2D eigenvalue weighted by atomic mass is 16.5. The Morgan fingerprint density at radius 1 is 1.10 bits per heavy atom. The van der Waals surface area contributed by atoms with E-state index in [1.165, 1.54) is 40.0 Å². The molecule has 0 aromatic carbocycles. The van der Waals surface area contributed by atoms with Crippen molar-refractivity contribution in [2.75, 3.05) is 26.7 Å². The van der Waals surface area contributed by atoms with Crippen LogP contribution in [0.25, 0.3) is 0 Å². The molecule has 0 aromatic heterocycles. The fourth-order valence-electron chi connectivity index (χ4n) is 2.78. The summed E-state index contributed by atoms with van der Waals surface area (Å²) in [5.74, 6) is -0.356. The van der Waals surface area contributed by atoms with Crippen molar-refractivity contribution in [3.05, 3.63) is 0 Å². The Labute approximate surface area is 122 Å². The van der Waals surface area contributed by atoms with Crippen LogP contribution in [0, 0.1) is 0 Å². The summed E-state index contributed by atoms with van der Waals surface area (Å²) in [5, 5.41) is 0. The van der Waals surface area contributed by atoms with Crippen molar-refractivity contribution >= 4 is 11.9 Å². The molecule has 0 bridgehead atoms. The van der Waals surface area contributed by atoms with Gasteiger partial charge >= 0.3 is 5.97 Å². The molecule has 0 radical (unpaired) electrons. The Hall–Kier alpha value is -1.10. The van der Waals surface area contributed by atoms with Crippen LogP contribution >= 0.6 is 0 Å². The van der Waals surface area contributed by atoms with Gasteiger partial charge in [-0.2, -0.15) is 0 Å². The second kappa shape index (κ2) is 8.25. The summed E-state index contributed by atoms with van der Waals surface area (Å²) in [5.41, 5.74) is 0. The van der Waals surface area contributed by atoms with Crippen LogP contribution in [-0.2, 0) is 14.3 Å². The number of ether oxygens (including phenoxy) is 1. The third-order valence-corrected chi connectivity index (χ3v) is 4.00. The van der Waals surface area contributed by atoms with Crippen molar-refractivity contribution in [3.8, 4) is 0 Å². The number of methoxy groups -OCH3 is 1. The average molecular weight is 284 g/mol. The molecule has 1 atom stereocenters. The Balaban J connectivity index is 0.000000217. The average Bonchev–Trinajstić information content (AvgIpc) is 3.09. The van der Waals surface area contributed by atoms with E-state index in [4.69, 9.17) is 0 Å². The second-order valence-electron chi connectivity index (χ2n) is 5.73. The van der Waals surface area contributed by atoms with Gasteiger partial charge in [-0.05, 0) is 52.6 Å². The molecule has 5 heteroatoms. The van der Waals surface area contributed by atoms with Crippen molar-refractivity contribution in [2.45, 2.75) is 58.5 Å². The van der Waals surface area contributed by atoms with E-state index in [9.17, 15) is 9.59 Å². The maximum atomic E-state index is 11.1. The zero-order chi connectivity index (χ0) is 15.1. The summed E-state index contributed by atoms with van der Waals surface area (Å²) in [6.45, 7) is 9.35. The van der Waals surface area contributed by atoms with Crippen molar-refractivity contribution in [1.29, 1.82) is 0 Å². The van der Waals surface area contributed by atoms with E-state index >= 15 is 0 Å². The van der Waals surface area contributed by atoms with E-state index in [-0.39, 0.29) is 17.9 Å². The first-order chi connectivity index (χ1) is 9.47. The number of amides is 1. The molecule has 2 saturated heterocycles. The number of esters is 1. The number of carbonyl (C=O) groups is 2. The van der Waals surface area contributed by atoms with Gasteiger partial charge in [-0.15, -0.1) is 0 Å². The van der Waals surface area contributed by atoms with Crippen LogP contribution < -0.4 is 0 Å². The lowest BCUT2D eigenvalue weighted by Crippen LogP contribution is -2.39. The zero-order valence-electron chi connectivity index (χ0n) is 13.2. The second-order valence-corrected chi connectivity index (χ2v) is 5.73. The number of hydrogen-bond acceptors (Lipinski definition) is 4. The molecule has 1 amide bonds. The molecule has 1 unspecified atom stereocenters. The van der Waals surface area contributed by atoms with Crippen LogP contribution in [0.4, 0.5) is 0 Å². The minimum absolute atomic E-state index is 0.0529. The summed E-state index contributed by atoms with van der Waals surface area (Å²) in [6.07, 6.45) is 4.45. The van der Waals surface area contributed by atoms with E-state index < -0.39 is 0 Å². The number of rotatable bonds is 2. The standard InChI is InChI=1S/C8H13NO3.C7H15N/c1-6(10)9-5-3-4-7(9)8(11)12-2;1-7(2)8-5-3-4-6-8/h7H,3-5H2,1-2H3;7H,3-6H2,1-2H3. The quantitative estimate of drug-likeness (QED) is 0.724. The Morgan fingerprint density at radius 3 is 2.10 bits per heavy atom. The number of nitrogens with zero attached hydrogens (tertiary/aromatic N) is 2. The molecule has 0 aliphatic carbocycles. The van der Waals surface area contributed by atoms with Crippen LogP contribution in [0.15, 0.2) is 0 Å². The number of hydrogen-bond donors (Lipinski definition) is 0. The minimum Gasteiger partial charge on any atom is -0.467 e. The SMILES string of the molecule is CC(C)N1CCCC1.COC(=O)C1CCCN1C(C)=O. The summed E-state index contributed by atoms with van der Waals surface area (Å²) >= 11 is 0. The molecular weight excluding hydrogens is 256 g/mol. The van der Waals surface area contributed by atoms with Crippen molar-refractivity contribution in [3.63, 3.8) is 0 Å². The van der Waals surface area contributed by atoms with Gasteiger partial charge in [0, 0.05) is 19.5 Å². The third kappa shape index (κ3) is 4.78. The Kier molecular flexibility index (Phi) is 6.99. The van der Waals surface area contributed by atoms with Crippen LogP contribution in [0.5, 0.6) is 0 Å². The van der Waals surface area contributed by atoms with Crippen molar-refractivity contribution in [1.82, 2.24) is 9.80 Å². The molecule has 0 spiro atoms. The van der Waals surface area contributed by atoms with Gasteiger partial charge in [0.2, 0.25) is 5.91 Å². The van der Waals surface area contributed by atoms with E-state index in [1.54, 1.807) is 4.90 Å². The molecule has 0 saturated carbocycles. The van der Waals surface area contributed by atoms with Crippen LogP contribution in [0.1, 0.15) is 46.5 Å². The third-order valence-electron chi connectivity index (χ3n) is 4.00. The molecule has 2 heterocycles. The van der Waals surface area contributed by atoms with Gasteiger partial charge in [-0.1, -0.05) is 0 Å². The molecule has 0 N–H and O–H groups in total. The predicted octanol–water partition coefficient (Wildman–Crippen LogP) is 1.66. The molecule has 2 fully saturated rings. The van der Waals surface area contributed by atoms with Gasteiger partial charge in [0.1, 0.15) is 6.04 Å². The molecule has 2 aliphatic rings. The maximum Gasteiger partial charge on any atom is 0.328 e. The lowest BCUT2D eigenvalue weighted by molar-refractivity contribution is -0.150. The fourth-order valence-corrected chi connectivity index (χ4v) is 2.78. The smallest absolute Gasteiger partial charge is 0.328 e. The molecule has 5 nitrogen and oxygen atoms in total. The predicted molar refractivity (Wildman–Crippen MR) is 78.4 cm³/mol. The summed E-state index contributed by atoms with van der Waals surface area (Å²) in [6, 6.07) is 0.435. The molecule has 20 heavy (non-hydrogen) atoms. The highest BCUT2D eigenvalue weighted by molar-refractivity contribution is 5.83. The summed E-state index contributed by atoms with van der Waals surface area (Å²) in [4.78, 5) is 26.2. The topological polar surface area (TPSA) is 49.9 Å². The maximum absolute atomic E-state index is 11.1. The zero-order valence-corrected chi connectivity index (χ0v) is 13.2. The van der Waals surface area contributed by atoms with Crippen molar-refractivity contribution in [2.24, 2.45) is 0 Å². The summed E-state index contributed by atoms with van der Waals surface area (Å²) < 4.78 is 4.58. The van der Waals surface area contributed by atoms with Gasteiger partial charge in [0.05, 0.1) is 7.11 Å². The normalized spacial score (nSPS) is 22.6.